The number of nitrogen functional groups attached to an aromatic ring is 1. The maximum Gasteiger partial charge on any atom is 0.352 e. The van der Waals surface area contributed by atoms with E-state index in [1.165, 1.54) is 0 Å². The number of benzene rings is 1. The first-order valence-corrected chi connectivity index (χ1v) is 5.40. The van der Waals surface area contributed by atoms with Gasteiger partial charge in [-0.2, -0.15) is 0 Å². The minimum atomic E-state index is -0.991. The quantitative estimate of drug-likeness (QED) is 0.654. The summed E-state index contributed by atoms with van der Waals surface area (Å²) in [6.07, 6.45) is 0.932. The van der Waals surface area contributed by atoms with Crippen LogP contribution in [0.3, 0.4) is 0 Å². The van der Waals surface area contributed by atoms with Crippen LogP contribution in [0.2, 0.25) is 0 Å². The minimum Gasteiger partial charge on any atom is -0.488 e. The van der Waals surface area contributed by atoms with Crippen LogP contribution in [0.15, 0.2) is 12.1 Å². The molecule has 0 amide bonds. The topological polar surface area (TPSA) is 88.3 Å². The number of carbonyl (C=O) groups is 1. The van der Waals surface area contributed by atoms with E-state index in [-0.39, 0.29) is 11.8 Å². The van der Waals surface area contributed by atoms with E-state index in [1.54, 1.807) is 6.07 Å². The minimum absolute atomic E-state index is 0.123. The molecule has 2 heterocycles. The second-order valence-electron chi connectivity index (χ2n) is 4.36. The highest BCUT2D eigenvalue weighted by molar-refractivity contribution is 6.00. The molecule has 0 aliphatic carbocycles. The number of nitrogens with two attached hydrogens (primary N) is 1. The van der Waals surface area contributed by atoms with Crippen LogP contribution in [-0.4, -0.2) is 22.2 Å². The Morgan fingerprint density at radius 1 is 1.59 bits per heavy atom. The number of anilines is 1. The molecule has 88 valence electrons. The normalized spacial score (nSPS) is 18.1. The molecule has 5 heteroatoms. The Labute approximate surface area is 97.2 Å². The summed E-state index contributed by atoms with van der Waals surface area (Å²) in [5.41, 5.74) is 8.31. The van der Waals surface area contributed by atoms with E-state index >= 15 is 0 Å². The molecule has 2 aromatic rings. The molecule has 4 N–H and O–H groups in total. The Hall–Kier alpha value is -2.17. The number of ether oxygens (including phenoxy) is 1. The van der Waals surface area contributed by atoms with Crippen LogP contribution in [0.25, 0.3) is 10.9 Å². The van der Waals surface area contributed by atoms with Gasteiger partial charge in [0.2, 0.25) is 0 Å². The zero-order valence-corrected chi connectivity index (χ0v) is 9.28. The fraction of sp³-hybridized carbons (Fsp3) is 0.250. The van der Waals surface area contributed by atoms with Crippen LogP contribution in [0, 0.1) is 0 Å². The van der Waals surface area contributed by atoms with Gasteiger partial charge in [-0.25, -0.2) is 4.79 Å². The van der Waals surface area contributed by atoms with Gasteiger partial charge in [0.1, 0.15) is 17.5 Å². The van der Waals surface area contributed by atoms with Crippen molar-refractivity contribution in [3.8, 4) is 5.75 Å². The van der Waals surface area contributed by atoms with Crippen molar-refractivity contribution in [3.63, 3.8) is 0 Å². The number of hydrogen-bond acceptors (Lipinski definition) is 3. The van der Waals surface area contributed by atoms with Crippen molar-refractivity contribution in [2.24, 2.45) is 0 Å². The number of aromatic nitrogens is 1. The third-order valence-electron chi connectivity index (χ3n) is 3.04. The van der Waals surface area contributed by atoms with Crippen molar-refractivity contribution in [3.05, 3.63) is 23.4 Å². The highest BCUT2D eigenvalue weighted by atomic mass is 16.5. The van der Waals surface area contributed by atoms with Crippen molar-refractivity contribution in [1.29, 1.82) is 0 Å². The molecule has 1 aromatic carbocycles. The number of aromatic amines is 1. The number of hydrogen-bond donors (Lipinski definition) is 3. The molecule has 17 heavy (non-hydrogen) atoms. The van der Waals surface area contributed by atoms with Gasteiger partial charge in [0.05, 0.1) is 11.2 Å². The summed E-state index contributed by atoms with van der Waals surface area (Å²) >= 11 is 0. The van der Waals surface area contributed by atoms with Crippen LogP contribution >= 0.6 is 0 Å². The van der Waals surface area contributed by atoms with Crippen molar-refractivity contribution in [2.45, 2.75) is 19.4 Å². The van der Waals surface area contributed by atoms with Crippen LogP contribution in [0.5, 0.6) is 5.75 Å². The van der Waals surface area contributed by atoms with E-state index in [0.29, 0.717) is 17.0 Å². The summed E-state index contributed by atoms with van der Waals surface area (Å²) in [6, 6.07) is 3.53. The van der Waals surface area contributed by atoms with Crippen LogP contribution in [-0.2, 0) is 6.42 Å². The van der Waals surface area contributed by atoms with Gasteiger partial charge in [-0.05, 0) is 19.1 Å². The van der Waals surface area contributed by atoms with Gasteiger partial charge in [0.25, 0.3) is 0 Å². The number of fused-ring (bicyclic) bond motifs is 2. The van der Waals surface area contributed by atoms with Crippen molar-refractivity contribution < 1.29 is 14.6 Å². The summed E-state index contributed by atoms with van der Waals surface area (Å²) < 4.78 is 5.62. The molecule has 0 bridgehead atoms. The lowest BCUT2D eigenvalue weighted by atomic mass is 10.1. The van der Waals surface area contributed by atoms with Crippen molar-refractivity contribution >= 4 is 22.6 Å². The van der Waals surface area contributed by atoms with Gasteiger partial charge < -0.3 is 20.6 Å². The number of carboxylic acids is 1. The molecule has 0 radical (unpaired) electrons. The lowest BCUT2D eigenvalue weighted by Crippen LogP contribution is -2.06. The predicted molar refractivity (Wildman–Crippen MR) is 63.5 cm³/mol. The molecule has 0 saturated carbocycles. The molecule has 0 spiro atoms. The molecular weight excluding hydrogens is 220 g/mol. The summed E-state index contributed by atoms with van der Waals surface area (Å²) in [6.45, 7) is 1.98. The first-order valence-electron chi connectivity index (χ1n) is 5.40. The summed E-state index contributed by atoms with van der Waals surface area (Å²) in [4.78, 5) is 13.7. The van der Waals surface area contributed by atoms with Gasteiger partial charge in [-0.3, -0.25) is 0 Å². The third-order valence-corrected chi connectivity index (χ3v) is 3.04. The lowest BCUT2D eigenvalue weighted by molar-refractivity contribution is 0.0691. The summed E-state index contributed by atoms with van der Waals surface area (Å²) in [7, 11) is 0. The van der Waals surface area contributed by atoms with Gasteiger partial charge in [0, 0.05) is 17.4 Å². The molecule has 5 nitrogen and oxygen atoms in total. The molecule has 1 atom stereocenters. The first-order chi connectivity index (χ1) is 8.06. The van der Waals surface area contributed by atoms with Gasteiger partial charge in [0.15, 0.2) is 0 Å². The van der Waals surface area contributed by atoms with Crippen LogP contribution in [0.1, 0.15) is 23.0 Å². The molecule has 3 rings (SSSR count). The average molecular weight is 232 g/mol. The molecule has 1 aliphatic heterocycles. The second kappa shape index (κ2) is 3.16. The predicted octanol–water partition coefficient (Wildman–Crippen LogP) is 1.77. The third kappa shape index (κ3) is 1.35. The zero-order chi connectivity index (χ0) is 12.2. The van der Waals surface area contributed by atoms with E-state index in [2.05, 4.69) is 4.98 Å². The van der Waals surface area contributed by atoms with E-state index in [0.717, 1.165) is 17.4 Å². The number of carboxylic acid groups (broad SMARTS) is 1. The summed E-state index contributed by atoms with van der Waals surface area (Å²) in [5.74, 6) is -0.307. The van der Waals surface area contributed by atoms with Gasteiger partial charge >= 0.3 is 5.97 Å². The largest absolute Gasteiger partial charge is 0.488 e. The van der Waals surface area contributed by atoms with Gasteiger partial charge in [-0.15, -0.1) is 0 Å². The molecule has 1 unspecified atom stereocenters. The Bertz CT molecular complexity index is 630. The van der Waals surface area contributed by atoms with Crippen LogP contribution in [0.4, 0.5) is 5.69 Å². The number of H-pyrrole nitrogens is 1. The van der Waals surface area contributed by atoms with E-state index in [9.17, 15) is 4.79 Å². The SMILES string of the molecule is CC1Cc2cc3cc(C(=O)O)[nH]c3c(N)c2O1. The molecule has 1 aromatic heterocycles. The Kier molecular flexibility index (Phi) is 1.86. The maximum absolute atomic E-state index is 10.9. The first kappa shape index (κ1) is 10.0. The standard InChI is InChI=1S/C12H12N2O3/c1-5-2-7-3-6-4-8(12(15)16)14-10(6)9(13)11(7)17-5/h3-5,14H,2,13H2,1H3,(H,15,16). The summed E-state index contributed by atoms with van der Waals surface area (Å²) in [5, 5.41) is 9.74. The fourth-order valence-corrected chi connectivity index (χ4v) is 2.31. The number of rotatable bonds is 1. The second-order valence-corrected chi connectivity index (χ2v) is 4.36. The van der Waals surface area contributed by atoms with E-state index in [4.69, 9.17) is 15.6 Å². The molecule has 0 saturated heterocycles. The van der Waals surface area contributed by atoms with Crippen LogP contribution < -0.4 is 10.5 Å². The van der Waals surface area contributed by atoms with Crippen molar-refractivity contribution in [1.82, 2.24) is 4.98 Å². The Morgan fingerprint density at radius 2 is 2.35 bits per heavy atom. The fourth-order valence-electron chi connectivity index (χ4n) is 2.31. The van der Waals surface area contributed by atoms with E-state index < -0.39 is 5.97 Å². The van der Waals surface area contributed by atoms with Crippen molar-refractivity contribution in [2.75, 3.05) is 5.73 Å². The van der Waals surface area contributed by atoms with Gasteiger partial charge in [-0.1, -0.05) is 0 Å². The molecule has 1 aliphatic rings. The average Bonchev–Trinajstić information content (AvgIpc) is 2.81. The number of nitrogens with one attached hydrogen (secondary N) is 1. The molecular formula is C12H12N2O3. The maximum atomic E-state index is 10.9. The molecule has 0 fully saturated rings. The Balaban J connectivity index is 2.27. The lowest BCUT2D eigenvalue weighted by Gasteiger charge is -2.06. The van der Waals surface area contributed by atoms with E-state index in [1.807, 2.05) is 13.0 Å². The highest BCUT2D eigenvalue weighted by Crippen LogP contribution is 2.39. The Morgan fingerprint density at radius 3 is 3.06 bits per heavy atom. The monoisotopic (exact) mass is 232 g/mol. The zero-order valence-electron chi connectivity index (χ0n) is 9.28. The highest BCUT2D eigenvalue weighted by Gasteiger charge is 2.24. The number of aromatic carboxylic acids is 1. The smallest absolute Gasteiger partial charge is 0.352 e.